The summed E-state index contributed by atoms with van der Waals surface area (Å²) in [5.74, 6) is 0.991. The van der Waals surface area contributed by atoms with Crippen LogP contribution in [0, 0.1) is 0 Å². The van der Waals surface area contributed by atoms with Crippen molar-refractivity contribution in [2.45, 2.75) is 13.0 Å². The Labute approximate surface area is 135 Å². The first-order chi connectivity index (χ1) is 11.1. The SMILES string of the molecule is CCN1CCN(C(=O)Nc2cnn(C)c2)C[C@@H]1c1nccn1C. The van der Waals surface area contributed by atoms with Gasteiger partial charge in [-0.3, -0.25) is 9.58 Å². The number of aryl methyl sites for hydroxylation is 2. The average molecular weight is 317 g/mol. The maximum absolute atomic E-state index is 12.5. The van der Waals surface area contributed by atoms with Crippen molar-refractivity contribution in [3.63, 3.8) is 0 Å². The number of carbonyl (C=O) groups excluding carboxylic acids is 1. The highest BCUT2D eigenvalue weighted by Gasteiger charge is 2.32. The van der Waals surface area contributed by atoms with Crippen molar-refractivity contribution in [2.75, 3.05) is 31.5 Å². The number of aromatic nitrogens is 4. The van der Waals surface area contributed by atoms with Gasteiger partial charge in [-0.05, 0) is 6.54 Å². The van der Waals surface area contributed by atoms with Crippen LogP contribution in [0.4, 0.5) is 10.5 Å². The zero-order chi connectivity index (χ0) is 16.4. The molecule has 124 valence electrons. The van der Waals surface area contributed by atoms with E-state index in [0.717, 1.165) is 18.9 Å². The van der Waals surface area contributed by atoms with Crippen molar-refractivity contribution in [2.24, 2.45) is 14.1 Å². The Hall–Kier alpha value is -2.35. The lowest BCUT2D eigenvalue weighted by Crippen LogP contribution is -2.52. The van der Waals surface area contributed by atoms with Gasteiger partial charge in [-0.2, -0.15) is 5.10 Å². The molecular weight excluding hydrogens is 294 g/mol. The monoisotopic (exact) mass is 317 g/mol. The van der Waals surface area contributed by atoms with E-state index in [9.17, 15) is 4.79 Å². The molecule has 0 unspecified atom stereocenters. The van der Waals surface area contributed by atoms with E-state index in [0.29, 0.717) is 18.8 Å². The summed E-state index contributed by atoms with van der Waals surface area (Å²) in [7, 11) is 3.82. The van der Waals surface area contributed by atoms with Crippen LogP contribution in [0.5, 0.6) is 0 Å². The minimum absolute atomic E-state index is 0.0898. The molecule has 0 saturated carbocycles. The molecule has 0 aliphatic carbocycles. The Morgan fingerprint density at radius 2 is 2.22 bits per heavy atom. The van der Waals surface area contributed by atoms with Gasteiger partial charge in [-0.25, -0.2) is 9.78 Å². The first-order valence-electron chi connectivity index (χ1n) is 7.84. The van der Waals surface area contributed by atoms with Crippen molar-refractivity contribution in [3.8, 4) is 0 Å². The fourth-order valence-electron chi connectivity index (χ4n) is 3.01. The van der Waals surface area contributed by atoms with Gasteiger partial charge in [-0.1, -0.05) is 6.92 Å². The van der Waals surface area contributed by atoms with Crippen LogP contribution in [-0.2, 0) is 14.1 Å². The molecular formula is C15H23N7O. The quantitative estimate of drug-likeness (QED) is 0.919. The van der Waals surface area contributed by atoms with E-state index in [1.807, 2.05) is 29.8 Å². The van der Waals surface area contributed by atoms with Crippen LogP contribution in [0.25, 0.3) is 0 Å². The Balaban J connectivity index is 1.72. The third kappa shape index (κ3) is 3.21. The van der Waals surface area contributed by atoms with Crippen LogP contribution in [0.3, 0.4) is 0 Å². The Bertz CT molecular complexity index is 677. The minimum atomic E-state index is -0.0898. The number of hydrogen-bond donors (Lipinski definition) is 1. The molecule has 0 aromatic carbocycles. The van der Waals surface area contributed by atoms with Crippen molar-refractivity contribution in [1.29, 1.82) is 0 Å². The van der Waals surface area contributed by atoms with E-state index in [-0.39, 0.29) is 12.1 Å². The number of likely N-dealkylation sites (N-methyl/N-ethyl adjacent to an activating group) is 1. The minimum Gasteiger partial charge on any atom is -0.337 e. The van der Waals surface area contributed by atoms with Gasteiger partial charge in [0, 0.05) is 52.3 Å². The number of nitrogens with one attached hydrogen (secondary N) is 1. The summed E-state index contributed by atoms with van der Waals surface area (Å²) < 4.78 is 3.69. The number of urea groups is 1. The molecule has 1 atom stereocenters. The van der Waals surface area contributed by atoms with E-state index >= 15 is 0 Å². The van der Waals surface area contributed by atoms with Crippen LogP contribution >= 0.6 is 0 Å². The lowest BCUT2D eigenvalue weighted by molar-refractivity contribution is 0.0927. The lowest BCUT2D eigenvalue weighted by Gasteiger charge is -2.40. The smallest absolute Gasteiger partial charge is 0.322 e. The second kappa shape index (κ2) is 6.41. The number of anilines is 1. The number of amides is 2. The number of rotatable bonds is 3. The summed E-state index contributed by atoms with van der Waals surface area (Å²) in [6, 6.07) is 0.0290. The highest BCUT2D eigenvalue weighted by Crippen LogP contribution is 2.24. The van der Waals surface area contributed by atoms with Gasteiger partial charge in [-0.15, -0.1) is 0 Å². The van der Waals surface area contributed by atoms with Gasteiger partial charge < -0.3 is 14.8 Å². The number of hydrogen-bond acceptors (Lipinski definition) is 4. The molecule has 8 heteroatoms. The summed E-state index contributed by atoms with van der Waals surface area (Å²) >= 11 is 0. The topological polar surface area (TPSA) is 71.2 Å². The fraction of sp³-hybridized carbons (Fsp3) is 0.533. The molecule has 3 heterocycles. The maximum Gasteiger partial charge on any atom is 0.322 e. The molecule has 2 amide bonds. The van der Waals surface area contributed by atoms with Crippen molar-refractivity contribution >= 4 is 11.7 Å². The summed E-state index contributed by atoms with van der Waals surface area (Å²) in [5.41, 5.74) is 0.712. The molecule has 2 aromatic rings. The highest BCUT2D eigenvalue weighted by atomic mass is 16.2. The van der Waals surface area contributed by atoms with Crippen LogP contribution in [0.15, 0.2) is 24.8 Å². The maximum atomic E-state index is 12.5. The molecule has 8 nitrogen and oxygen atoms in total. The first-order valence-corrected chi connectivity index (χ1v) is 7.84. The van der Waals surface area contributed by atoms with E-state index < -0.39 is 0 Å². The van der Waals surface area contributed by atoms with E-state index in [2.05, 4.69) is 27.2 Å². The Kier molecular flexibility index (Phi) is 4.33. The van der Waals surface area contributed by atoms with Crippen molar-refractivity contribution in [1.82, 2.24) is 29.1 Å². The Morgan fingerprint density at radius 1 is 1.39 bits per heavy atom. The van der Waals surface area contributed by atoms with Crippen molar-refractivity contribution < 1.29 is 4.79 Å². The van der Waals surface area contributed by atoms with Crippen LogP contribution in [-0.4, -0.2) is 61.3 Å². The van der Waals surface area contributed by atoms with Crippen molar-refractivity contribution in [3.05, 3.63) is 30.6 Å². The summed E-state index contributed by atoms with van der Waals surface area (Å²) in [6.07, 6.45) is 7.18. The third-order valence-electron chi connectivity index (χ3n) is 4.30. The first kappa shape index (κ1) is 15.5. The van der Waals surface area contributed by atoms with Crippen LogP contribution in [0.2, 0.25) is 0 Å². The molecule has 3 rings (SSSR count). The largest absolute Gasteiger partial charge is 0.337 e. The standard InChI is InChI=1S/C15H23N7O/c1-4-21-7-8-22(11-13(21)14-16-5-6-19(14)2)15(23)18-12-9-17-20(3)10-12/h5-6,9-10,13H,4,7-8,11H2,1-3H3,(H,18,23)/t13-/m1/s1. The summed E-state index contributed by atoms with van der Waals surface area (Å²) in [4.78, 5) is 21.2. The second-order valence-corrected chi connectivity index (χ2v) is 5.82. The van der Waals surface area contributed by atoms with Gasteiger partial charge >= 0.3 is 6.03 Å². The predicted octanol–water partition coefficient (Wildman–Crippen LogP) is 1.06. The molecule has 1 aliphatic heterocycles. The zero-order valence-electron chi connectivity index (χ0n) is 13.8. The number of piperazine rings is 1. The fourth-order valence-corrected chi connectivity index (χ4v) is 3.01. The zero-order valence-corrected chi connectivity index (χ0v) is 13.8. The molecule has 1 N–H and O–H groups in total. The summed E-state index contributed by atoms with van der Waals surface area (Å²) in [6.45, 7) is 5.26. The molecule has 1 aliphatic rings. The van der Waals surface area contributed by atoms with Gasteiger partial charge in [0.2, 0.25) is 0 Å². The number of imidazole rings is 1. The molecule has 0 bridgehead atoms. The molecule has 0 spiro atoms. The second-order valence-electron chi connectivity index (χ2n) is 5.82. The normalized spacial score (nSPS) is 19.1. The third-order valence-corrected chi connectivity index (χ3v) is 4.30. The predicted molar refractivity (Wildman–Crippen MR) is 87.0 cm³/mol. The number of nitrogens with zero attached hydrogens (tertiary/aromatic N) is 6. The lowest BCUT2D eigenvalue weighted by atomic mass is 10.1. The van der Waals surface area contributed by atoms with Gasteiger partial charge in [0.05, 0.1) is 17.9 Å². The highest BCUT2D eigenvalue weighted by molar-refractivity contribution is 5.89. The molecule has 1 fully saturated rings. The van der Waals surface area contributed by atoms with E-state index in [1.54, 1.807) is 23.3 Å². The van der Waals surface area contributed by atoms with Gasteiger partial charge in [0.25, 0.3) is 0 Å². The van der Waals surface area contributed by atoms with E-state index in [1.165, 1.54) is 0 Å². The average Bonchev–Trinajstić information content (AvgIpc) is 3.15. The Morgan fingerprint density at radius 3 is 2.83 bits per heavy atom. The molecule has 0 radical (unpaired) electrons. The van der Waals surface area contributed by atoms with Gasteiger partial charge in [0.15, 0.2) is 0 Å². The number of carbonyl (C=O) groups is 1. The van der Waals surface area contributed by atoms with Crippen LogP contribution < -0.4 is 5.32 Å². The summed E-state index contributed by atoms with van der Waals surface area (Å²) in [5, 5.41) is 6.97. The van der Waals surface area contributed by atoms with Gasteiger partial charge in [0.1, 0.15) is 5.82 Å². The molecule has 23 heavy (non-hydrogen) atoms. The molecule has 2 aromatic heterocycles. The molecule has 1 saturated heterocycles. The van der Waals surface area contributed by atoms with Crippen LogP contribution in [0.1, 0.15) is 18.8 Å². The van der Waals surface area contributed by atoms with E-state index in [4.69, 9.17) is 0 Å².